The van der Waals surface area contributed by atoms with Gasteiger partial charge in [0.2, 0.25) is 0 Å². The van der Waals surface area contributed by atoms with Crippen LogP contribution in [-0.4, -0.2) is 0 Å². The standard InChI is InChI=1S/C55H40O/c1-55(2)48-22-12-10-21-45(48)52-43-28-29-44-38-16-11-13-23-49(38)56-54(44)46(43)32-47(53(52)55)51-41-19-8-6-17-39(41)50(40-18-7-9-20-42(40)51)37-27-26-35-30-34(24-25-36(35)31-37)33-14-4-3-5-15-33/h3-6,8,10-32,52-53H,7,9H2,1-2H3. The maximum Gasteiger partial charge on any atom is 0.142 e. The molecule has 0 saturated carbocycles. The maximum absolute atomic E-state index is 6.81. The first-order valence-corrected chi connectivity index (χ1v) is 20.1. The summed E-state index contributed by atoms with van der Waals surface area (Å²) in [7, 11) is 0. The summed E-state index contributed by atoms with van der Waals surface area (Å²) in [4.78, 5) is 0. The number of para-hydroxylation sites is 1. The topological polar surface area (TPSA) is 13.1 Å². The lowest BCUT2D eigenvalue weighted by atomic mass is 9.64. The van der Waals surface area contributed by atoms with E-state index in [9.17, 15) is 0 Å². The van der Waals surface area contributed by atoms with E-state index in [2.05, 4.69) is 184 Å². The second kappa shape index (κ2) is 11.8. The lowest BCUT2D eigenvalue weighted by Crippen LogP contribution is -2.37. The molecule has 0 fully saturated rings. The summed E-state index contributed by atoms with van der Waals surface area (Å²) in [5.41, 5.74) is 15.3. The predicted molar refractivity (Wildman–Crippen MR) is 236 cm³/mol. The molecule has 56 heavy (non-hydrogen) atoms. The molecule has 3 aliphatic carbocycles. The van der Waals surface area contributed by atoms with Crippen LogP contribution in [0.2, 0.25) is 0 Å². The highest BCUT2D eigenvalue weighted by Crippen LogP contribution is 2.61. The molecule has 1 aromatic heterocycles. The van der Waals surface area contributed by atoms with E-state index in [0.29, 0.717) is 0 Å². The summed E-state index contributed by atoms with van der Waals surface area (Å²) in [5, 5.41) is 10.3. The summed E-state index contributed by atoms with van der Waals surface area (Å²) >= 11 is 0. The first-order chi connectivity index (χ1) is 27.5. The second-order valence-electron chi connectivity index (χ2n) is 16.7. The molecule has 0 spiro atoms. The van der Waals surface area contributed by atoms with Gasteiger partial charge in [0.05, 0.1) is 0 Å². The van der Waals surface area contributed by atoms with E-state index >= 15 is 0 Å². The Kier molecular flexibility index (Phi) is 6.70. The number of hydrogen-bond acceptors (Lipinski definition) is 1. The number of benzene rings is 8. The predicted octanol–water partition coefficient (Wildman–Crippen LogP) is 13.2. The van der Waals surface area contributed by atoms with Crippen LogP contribution in [0, 0.1) is 5.92 Å². The third kappa shape index (κ3) is 4.43. The van der Waals surface area contributed by atoms with Crippen LogP contribution >= 0.6 is 0 Å². The highest BCUT2D eigenvalue weighted by molar-refractivity contribution is 6.12. The maximum atomic E-state index is 6.81. The van der Waals surface area contributed by atoms with E-state index in [1.54, 1.807) is 0 Å². The summed E-state index contributed by atoms with van der Waals surface area (Å²) in [5.74, 6) is 0.471. The van der Waals surface area contributed by atoms with Crippen molar-refractivity contribution in [1.82, 2.24) is 0 Å². The van der Waals surface area contributed by atoms with Crippen molar-refractivity contribution in [1.29, 1.82) is 0 Å². The molecule has 2 atom stereocenters. The molecule has 0 N–H and O–H groups in total. The lowest BCUT2D eigenvalue weighted by molar-refractivity contribution is 0.403. The molecule has 266 valence electrons. The molecule has 0 radical (unpaired) electrons. The number of rotatable bonds is 3. The molecule has 2 unspecified atom stereocenters. The number of fused-ring (bicyclic) bond motifs is 12. The molecule has 8 aromatic carbocycles. The Morgan fingerprint density at radius 1 is 0.518 bits per heavy atom. The van der Waals surface area contributed by atoms with Gasteiger partial charge in [0, 0.05) is 28.2 Å². The number of allylic oxidation sites excluding steroid dienone is 1. The van der Waals surface area contributed by atoms with Crippen molar-refractivity contribution in [3.63, 3.8) is 0 Å². The van der Waals surface area contributed by atoms with Crippen LogP contribution in [0.4, 0.5) is 0 Å². The number of hydrogen-bond donors (Lipinski definition) is 0. The third-order valence-electron chi connectivity index (χ3n) is 13.4. The van der Waals surface area contributed by atoms with Gasteiger partial charge in [-0.25, -0.2) is 0 Å². The van der Waals surface area contributed by atoms with Gasteiger partial charge in [0.25, 0.3) is 0 Å². The molecule has 1 heterocycles. The summed E-state index contributed by atoms with van der Waals surface area (Å²) in [6.45, 7) is 4.96. The Bertz CT molecular complexity index is 3280. The molecular weight excluding hydrogens is 677 g/mol. The van der Waals surface area contributed by atoms with E-state index in [1.807, 2.05) is 0 Å². The van der Waals surface area contributed by atoms with Crippen molar-refractivity contribution in [3.05, 3.63) is 190 Å². The molecule has 0 amide bonds. The summed E-state index contributed by atoms with van der Waals surface area (Å²) in [6, 6.07) is 56.3. The van der Waals surface area contributed by atoms with E-state index in [0.717, 1.165) is 24.0 Å². The summed E-state index contributed by atoms with van der Waals surface area (Å²) < 4.78 is 6.81. The van der Waals surface area contributed by atoms with Crippen molar-refractivity contribution < 1.29 is 4.42 Å². The van der Waals surface area contributed by atoms with E-state index in [4.69, 9.17) is 4.42 Å². The van der Waals surface area contributed by atoms with Crippen LogP contribution in [0.15, 0.2) is 156 Å². The average molecular weight is 717 g/mol. The first kappa shape index (κ1) is 31.9. The Morgan fingerprint density at radius 2 is 1.16 bits per heavy atom. The Hall–Kier alpha value is -6.44. The van der Waals surface area contributed by atoms with Crippen LogP contribution in [-0.2, 0) is 5.41 Å². The molecule has 1 heteroatoms. The molecule has 9 aromatic rings. The highest BCUT2D eigenvalue weighted by Gasteiger charge is 2.51. The molecule has 0 saturated heterocycles. The zero-order valence-electron chi connectivity index (χ0n) is 31.6. The normalized spacial score (nSPS) is 17.9. The van der Waals surface area contributed by atoms with Gasteiger partial charge in [-0.3, -0.25) is 0 Å². The smallest absolute Gasteiger partial charge is 0.142 e. The van der Waals surface area contributed by atoms with Crippen molar-refractivity contribution in [3.8, 4) is 22.3 Å². The first-order valence-electron chi connectivity index (χ1n) is 20.1. The van der Waals surface area contributed by atoms with Crippen molar-refractivity contribution in [2.24, 2.45) is 5.92 Å². The highest BCUT2D eigenvalue weighted by atomic mass is 16.3. The lowest BCUT2D eigenvalue weighted by Gasteiger charge is -2.38. The summed E-state index contributed by atoms with van der Waals surface area (Å²) in [6.07, 6.45) is 9.67. The minimum Gasteiger partial charge on any atom is -0.455 e. The van der Waals surface area contributed by atoms with Gasteiger partial charge >= 0.3 is 0 Å². The van der Waals surface area contributed by atoms with Gasteiger partial charge in [-0.15, -0.1) is 0 Å². The Labute approximate surface area is 326 Å². The fraction of sp³-hybridized carbons (Fsp3) is 0.127. The van der Waals surface area contributed by atoms with Crippen molar-refractivity contribution in [2.45, 2.75) is 38.0 Å². The van der Waals surface area contributed by atoms with Gasteiger partial charge in [-0.2, -0.15) is 0 Å². The fourth-order valence-corrected chi connectivity index (χ4v) is 10.9. The van der Waals surface area contributed by atoms with Crippen LogP contribution in [0.1, 0.15) is 60.4 Å². The van der Waals surface area contributed by atoms with E-state index in [-0.39, 0.29) is 17.3 Å². The van der Waals surface area contributed by atoms with Crippen LogP contribution < -0.4 is 10.4 Å². The Morgan fingerprint density at radius 3 is 1.96 bits per heavy atom. The fourth-order valence-electron chi connectivity index (χ4n) is 10.9. The van der Waals surface area contributed by atoms with Crippen LogP contribution in [0.3, 0.4) is 0 Å². The average Bonchev–Trinajstić information content (AvgIpc) is 3.75. The number of furan rings is 1. The molecule has 0 bridgehead atoms. The quantitative estimate of drug-likeness (QED) is 0.177. The van der Waals surface area contributed by atoms with Crippen LogP contribution in [0.25, 0.3) is 89.5 Å². The SMILES string of the molecule is CC1(C)c2ccccc2C2c3ccc4c(oc5ccccc54)c3C=C(c3c4c(c(-c5ccc6cc(-c7ccccc7)ccc6c5)c5ccccc35)=CCCC=4)C21. The van der Waals surface area contributed by atoms with Gasteiger partial charge < -0.3 is 4.42 Å². The molecule has 3 aliphatic rings. The van der Waals surface area contributed by atoms with Crippen molar-refractivity contribution in [2.75, 3.05) is 0 Å². The van der Waals surface area contributed by atoms with Gasteiger partial charge in [-0.05, 0) is 125 Å². The largest absolute Gasteiger partial charge is 0.455 e. The van der Waals surface area contributed by atoms with Gasteiger partial charge in [-0.1, -0.05) is 159 Å². The zero-order valence-corrected chi connectivity index (χ0v) is 31.6. The van der Waals surface area contributed by atoms with Gasteiger partial charge in [0.15, 0.2) is 0 Å². The molecule has 0 aliphatic heterocycles. The molecule has 1 nitrogen and oxygen atoms in total. The minimum atomic E-state index is -0.0877. The van der Waals surface area contributed by atoms with Crippen LogP contribution in [0.5, 0.6) is 0 Å². The van der Waals surface area contributed by atoms with Gasteiger partial charge in [0.1, 0.15) is 11.2 Å². The molecule has 12 rings (SSSR count). The third-order valence-corrected chi connectivity index (χ3v) is 13.4. The van der Waals surface area contributed by atoms with E-state index in [1.165, 1.54) is 98.4 Å². The zero-order chi connectivity index (χ0) is 37.1. The van der Waals surface area contributed by atoms with E-state index < -0.39 is 0 Å². The minimum absolute atomic E-state index is 0.0877. The second-order valence-corrected chi connectivity index (χ2v) is 16.7. The van der Waals surface area contributed by atoms with Crippen molar-refractivity contribution >= 4 is 67.3 Å². The molecular formula is C55H40O. The monoisotopic (exact) mass is 716 g/mol. The Balaban J connectivity index is 1.14.